The van der Waals surface area contributed by atoms with Gasteiger partial charge in [-0.2, -0.15) is 0 Å². The maximum absolute atomic E-state index is 13.8. The Morgan fingerprint density at radius 1 is 1.13 bits per heavy atom. The van der Waals surface area contributed by atoms with E-state index in [1.165, 1.54) is 11.6 Å². The van der Waals surface area contributed by atoms with Crippen LogP contribution in [0.15, 0.2) is 54.5 Å². The van der Waals surface area contributed by atoms with E-state index in [4.69, 9.17) is 0 Å². The summed E-state index contributed by atoms with van der Waals surface area (Å²) >= 11 is 0. The topological polar surface area (TPSA) is 63.1 Å². The first-order valence-corrected chi connectivity index (χ1v) is 9.56. The molecular weight excluding hydrogens is 388 g/mol. The second kappa shape index (κ2) is 8.06. The lowest BCUT2D eigenvalue weighted by atomic mass is 9.96. The number of nitrogens with zero attached hydrogens (tertiary/aromatic N) is 4. The van der Waals surface area contributed by atoms with E-state index in [1.807, 2.05) is 23.9 Å². The van der Waals surface area contributed by atoms with Crippen LogP contribution in [0, 0.1) is 11.6 Å². The van der Waals surface area contributed by atoms with Crippen molar-refractivity contribution in [2.75, 3.05) is 23.3 Å². The zero-order valence-electron chi connectivity index (χ0n) is 16.7. The number of halogens is 2. The van der Waals surface area contributed by atoms with Crippen molar-refractivity contribution in [2.45, 2.75) is 13.3 Å². The van der Waals surface area contributed by atoms with Crippen molar-refractivity contribution in [2.24, 2.45) is 7.05 Å². The SMILES string of the molecule is CC1=C(c2ccc(NC(=O)c3c(F)cccc3F)nc2)CN(c2nccn2C)CC1. The second-order valence-corrected chi connectivity index (χ2v) is 7.25. The van der Waals surface area contributed by atoms with Crippen LogP contribution in [0.5, 0.6) is 0 Å². The summed E-state index contributed by atoms with van der Waals surface area (Å²) in [6.45, 7) is 3.68. The maximum Gasteiger partial charge on any atom is 0.262 e. The summed E-state index contributed by atoms with van der Waals surface area (Å²) in [4.78, 5) is 23.1. The van der Waals surface area contributed by atoms with Crippen LogP contribution in [0.1, 0.15) is 29.3 Å². The number of benzene rings is 1. The Bertz CT molecular complexity index is 1100. The van der Waals surface area contributed by atoms with Crippen molar-refractivity contribution < 1.29 is 13.6 Å². The summed E-state index contributed by atoms with van der Waals surface area (Å²) in [6, 6.07) is 6.77. The number of nitrogens with one attached hydrogen (secondary N) is 1. The molecule has 0 fully saturated rings. The highest BCUT2D eigenvalue weighted by Gasteiger charge is 2.21. The fraction of sp³-hybridized carbons (Fsp3) is 0.227. The molecule has 6 nitrogen and oxygen atoms in total. The highest BCUT2D eigenvalue weighted by atomic mass is 19.1. The Morgan fingerprint density at radius 2 is 1.90 bits per heavy atom. The predicted octanol–water partition coefficient (Wildman–Crippen LogP) is 4.03. The highest BCUT2D eigenvalue weighted by Crippen LogP contribution is 2.29. The molecule has 8 heteroatoms. The summed E-state index contributed by atoms with van der Waals surface area (Å²) in [5.41, 5.74) is 2.73. The van der Waals surface area contributed by atoms with E-state index in [1.54, 1.807) is 18.5 Å². The molecule has 30 heavy (non-hydrogen) atoms. The number of pyridine rings is 1. The van der Waals surface area contributed by atoms with Crippen molar-refractivity contribution in [1.29, 1.82) is 0 Å². The molecule has 2 aromatic heterocycles. The molecule has 0 radical (unpaired) electrons. The Kier molecular flexibility index (Phi) is 5.31. The van der Waals surface area contributed by atoms with Crippen molar-refractivity contribution in [3.8, 4) is 0 Å². The van der Waals surface area contributed by atoms with Gasteiger partial charge in [-0.15, -0.1) is 0 Å². The number of imidazole rings is 1. The summed E-state index contributed by atoms with van der Waals surface area (Å²) in [6.07, 6.45) is 6.26. The Hall–Kier alpha value is -3.55. The molecule has 0 saturated carbocycles. The number of aryl methyl sites for hydroxylation is 1. The van der Waals surface area contributed by atoms with Gasteiger partial charge in [-0.25, -0.2) is 18.7 Å². The van der Waals surface area contributed by atoms with Gasteiger partial charge >= 0.3 is 0 Å². The highest BCUT2D eigenvalue weighted by molar-refractivity contribution is 6.04. The van der Waals surface area contributed by atoms with Crippen molar-refractivity contribution in [1.82, 2.24) is 14.5 Å². The average Bonchev–Trinajstić information content (AvgIpc) is 3.15. The molecule has 0 bridgehead atoms. The molecular formula is C22H21F2N5O. The molecule has 154 valence electrons. The fourth-order valence-corrected chi connectivity index (χ4v) is 3.57. The minimum absolute atomic E-state index is 0.224. The van der Waals surface area contributed by atoms with Crippen LogP contribution in [0.3, 0.4) is 0 Å². The number of hydrogen-bond donors (Lipinski definition) is 1. The van der Waals surface area contributed by atoms with Crippen LogP contribution < -0.4 is 10.2 Å². The summed E-state index contributed by atoms with van der Waals surface area (Å²) in [5, 5.41) is 2.45. The first-order chi connectivity index (χ1) is 14.4. The van der Waals surface area contributed by atoms with Crippen LogP contribution in [0.2, 0.25) is 0 Å². The largest absolute Gasteiger partial charge is 0.338 e. The molecule has 4 rings (SSSR count). The average molecular weight is 409 g/mol. The number of aromatic nitrogens is 3. The van der Waals surface area contributed by atoms with Gasteiger partial charge in [0.25, 0.3) is 5.91 Å². The second-order valence-electron chi connectivity index (χ2n) is 7.25. The number of carbonyl (C=O) groups is 1. The van der Waals surface area contributed by atoms with Crippen molar-refractivity contribution >= 4 is 23.2 Å². The van der Waals surface area contributed by atoms with Gasteiger partial charge in [0, 0.05) is 38.7 Å². The smallest absolute Gasteiger partial charge is 0.262 e. The molecule has 0 unspecified atom stereocenters. The molecule has 3 heterocycles. The molecule has 0 spiro atoms. The minimum atomic E-state index is -0.915. The molecule has 1 aliphatic rings. The molecule has 3 aromatic rings. The first kappa shape index (κ1) is 19.8. The van der Waals surface area contributed by atoms with Crippen molar-refractivity contribution in [3.05, 3.63) is 77.3 Å². The van der Waals surface area contributed by atoms with Crippen LogP contribution in [0.4, 0.5) is 20.5 Å². The first-order valence-electron chi connectivity index (χ1n) is 9.56. The molecule has 1 N–H and O–H groups in total. The zero-order valence-corrected chi connectivity index (χ0v) is 16.7. The minimum Gasteiger partial charge on any atom is -0.338 e. The number of rotatable bonds is 4. The third-order valence-electron chi connectivity index (χ3n) is 5.24. The predicted molar refractivity (Wildman–Crippen MR) is 111 cm³/mol. The standard InChI is InChI=1S/C22H21F2N5O/c1-14-8-10-29(22-25-9-11-28(22)2)13-16(14)15-6-7-19(26-12-15)27-21(30)20-17(23)4-3-5-18(20)24/h3-7,9,11-12H,8,10,13H2,1-2H3,(H,26,27,30). The quantitative estimate of drug-likeness (QED) is 0.707. The van der Waals surface area contributed by atoms with E-state index in [9.17, 15) is 13.6 Å². The number of amides is 1. The third kappa shape index (κ3) is 3.80. The van der Waals surface area contributed by atoms with Gasteiger partial charge in [0.05, 0.1) is 0 Å². The van der Waals surface area contributed by atoms with Crippen LogP contribution in [-0.2, 0) is 7.05 Å². The van der Waals surface area contributed by atoms with Gasteiger partial charge in [-0.05, 0) is 48.7 Å². The van der Waals surface area contributed by atoms with Crippen LogP contribution in [0.25, 0.3) is 5.57 Å². The van der Waals surface area contributed by atoms with Crippen LogP contribution in [-0.4, -0.2) is 33.5 Å². The van der Waals surface area contributed by atoms with Crippen LogP contribution >= 0.6 is 0 Å². The molecule has 1 aliphatic heterocycles. The molecule has 0 saturated heterocycles. The molecule has 1 amide bonds. The molecule has 1 aromatic carbocycles. The van der Waals surface area contributed by atoms with Gasteiger partial charge in [0.2, 0.25) is 5.95 Å². The van der Waals surface area contributed by atoms with E-state index >= 15 is 0 Å². The van der Waals surface area contributed by atoms with Gasteiger partial charge in [-0.1, -0.05) is 11.6 Å². The van der Waals surface area contributed by atoms with Gasteiger partial charge in [-0.3, -0.25) is 4.79 Å². The van der Waals surface area contributed by atoms with Gasteiger partial charge < -0.3 is 14.8 Å². The fourth-order valence-electron chi connectivity index (χ4n) is 3.57. The molecule has 0 atom stereocenters. The third-order valence-corrected chi connectivity index (χ3v) is 5.24. The zero-order chi connectivity index (χ0) is 21.3. The van der Waals surface area contributed by atoms with E-state index in [2.05, 4.69) is 27.1 Å². The van der Waals surface area contributed by atoms with E-state index in [0.29, 0.717) is 6.54 Å². The lowest BCUT2D eigenvalue weighted by Crippen LogP contribution is -2.32. The summed E-state index contributed by atoms with van der Waals surface area (Å²) in [5.74, 6) is -1.58. The number of carbonyl (C=O) groups excluding carboxylic acids is 1. The monoisotopic (exact) mass is 409 g/mol. The normalized spacial score (nSPS) is 14.2. The Labute approximate surface area is 172 Å². The van der Waals surface area contributed by atoms with Gasteiger partial charge in [0.1, 0.15) is 23.0 Å². The molecule has 0 aliphatic carbocycles. The lowest BCUT2D eigenvalue weighted by Gasteiger charge is -2.31. The number of anilines is 2. The maximum atomic E-state index is 13.8. The summed E-state index contributed by atoms with van der Waals surface area (Å²) in [7, 11) is 1.96. The van der Waals surface area contributed by atoms with E-state index in [-0.39, 0.29) is 5.82 Å². The van der Waals surface area contributed by atoms with Gasteiger partial charge in [0.15, 0.2) is 0 Å². The number of hydrogen-bond acceptors (Lipinski definition) is 4. The lowest BCUT2D eigenvalue weighted by molar-refractivity contribution is 0.101. The summed E-state index contributed by atoms with van der Waals surface area (Å²) < 4.78 is 29.6. The Morgan fingerprint density at radius 3 is 2.53 bits per heavy atom. The van der Waals surface area contributed by atoms with Crippen molar-refractivity contribution in [3.63, 3.8) is 0 Å². The Balaban J connectivity index is 1.52. The van der Waals surface area contributed by atoms with E-state index < -0.39 is 23.1 Å². The van der Waals surface area contributed by atoms with E-state index in [0.717, 1.165) is 42.2 Å².